The number of aryl methyl sites for hydroxylation is 1. The first-order valence-corrected chi connectivity index (χ1v) is 6.16. The Bertz CT molecular complexity index is 477. The normalized spacial score (nSPS) is 10.1. The van der Waals surface area contributed by atoms with E-state index in [1.807, 2.05) is 50.4 Å². The molecule has 0 atom stereocenters. The van der Waals surface area contributed by atoms with Crippen LogP contribution >= 0.6 is 0 Å². The van der Waals surface area contributed by atoms with Crippen molar-refractivity contribution in [3.05, 3.63) is 53.9 Å². The summed E-state index contributed by atoms with van der Waals surface area (Å²) in [5.41, 5.74) is 3.30. The van der Waals surface area contributed by atoms with Gasteiger partial charge < -0.3 is 10.1 Å². The summed E-state index contributed by atoms with van der Waals surface area (Å²) in [6.07, 6.45) is 1.90. The number of anilines is 1. The van der Waals surface area contributed by atoms with Gasteiger partial charge in [0, 0.05) is 24.1 Å². The highest BCUT2D eigenvalue weighted by atomic mass is 16.5. The quantitative estimate of drug-likeness (QED) is 0.872. The van der Waals surface area contributed by atoms with Gasteiger partial charge in [0.15, 0.2) is 0 Å². The Morgan fingerprint density at radius 2 is 1.89 bits per heavy atom. The van der Waals surface area contributed by atoms with Crippen LogP contribution in [0.25, 0.3) is 0 Å². The molecule has 0 spiro atoms. The van der Waals surface area contributed by atoms with Crippen molar-refractivity contribution in [3.8, 4) is 5.75 Å². The third-order valence-corrected chi connectivity index (χ3v) is 2.63. The van der Waals surface area contributed by atoms with Crippen molar-refractivity contribution in [1.82, 2.24) is 4.98 Å². The molecule has 3 heteroatoms. The van der Waals surface area contributed by atoms with Crippen LogP contribution in [0.2, 0.25) is 0 Å². The number of pyridine rings is 1. The third kappa shape index (κ3) is 3.48. The molecule has 0 radical (unpaired) electrons. The minimum absolute atomic E-state index is 0.696. The monoisotopic (exact) mass is 242 g/mol. The molecule has 0 fully saturated rings. The number of rotatable bonds is 5. The van der Waals surface area contributed by atoms with Crippen molar-refractivity contribution in [3.63, 3.8) is 0 Å². The molecule has 0 aliphatic heterocycles. The standard InChI is InChI=1S/C15H18N2O/c1-3-18-15-8-6-14(7-9-15)17-11-13-5-4-12(2)16-10-13/h4-10,17H,3,11H2,1-2H3. The lowest BCUT2D eigenvalue weighted by molar-refractivity contribution is 0.340. The fourth-order valence-electron chi connectivity index (χ4n) is 1.64. The first-order chi connectivity index (χ1) is 8.78. The molecule has 0 aliphatic carbocycles. The average Bonchev–Trinajstić information content (AvgIpc) is 2.40. The van der Waals surface area contributed by atoms with E-state index >= 15 is 0 Å². The summed E-state index contributed by atoms with van der Waals surface area (Å²) >= 11 is 0. The smallest absolute Gasteiger partial charge is 0.119 e. The second-order valence-electron chi connectivity index (χ2n) is 4.12. The van der Waals surface area contributed by atoms with Gasteiger partial charge in [-0.3, -0.25) is 4.98 Å². The lowest BCUT2D eigenvalue weighted by Crippen LogP contribution is -2.00. The van der Waals surface area contributed by atoms with Crippen LogP contribution in [-0.4, -0.2) is 11.6 Å². The maximum Gasteiger partial charge on any atom is 0.119 e. The molecule has 0 saturated carbocycles. The molecule has 0 amide bonds. The molecule has 1 aromatic heterocycles. The molecule has 1 aromatic carbocycles. The fraction of sp³-hybridized carbons (Fsp3) is 0.267. The average molecular weight is 242 g/mol. The molecule has 0 unspecified atom stereocenters. The first kappa shape index (κ1) is 12.4. The van der Waals surface area contributed by atoms with Crippen molar-refractivity contribution >= 4 is 5.69 Å². The summed E-state index contributed by atoms with van der Waals surface area (Å²) in [6, 6.07) is 12.1. The molecule has 18 heavy (non-hydrogen) atoms. The predicted octanol–water partition coefficient (Wildman–Crippen LogP) is 3.40. The minimum atomic E-state index is 0.696. The van der Waals surface area contributed by atoms with Gasteiger partial charge in [-0.1, -0.05) is 6.07 Å². The van der Waals surface area contributed by atoms with Gasteiger partial charge in [-0.05, 0) is 49.7 Å². The van der Waals surface area contributed by atoms with Gasteiger partial charge in [0.2, 0.25) is 0 Å². The largest absolute Gasteiger partial charge is 0.494 e. The zero-order valence-corrected chi connectivity index (χ0v) is 10.8. The van der Waals surface area contributed by atoms with Crippen molar-refractivity contribution in [1.29, 1.82) is 0 Å². The molecule has 0 saturated heterocycles. The number of ether oxygens (including phenoxy) is 1. The fourth-order valence-corrected chi connectivity index (χ4v) is 1.64. The van der Waals surface area contributed by atoms with Gasteiger partial charge in [0.05, 0.1) is 6.61 Å². The molecule has 94 valence electrons. The van der Waals surface area contributed by atoms with E-state index in [1.54, 1.807) is 0 Å². The summed E-state index contributed by atoms with van der Waals surface area (Å²) in [4.78, 5) is 4.27. The maximum atomic E-state index is 5.40. The van der Waals surface area contributed by atoms with Crippen molar-refractivity contribution in [2.24, 2.45) is 0 Å². The van der Waals surface area contributed by atoms with Crippen molar-refractivity contribution in [2.75, 3.05) is 11.9 Å². The summed E-state index contributed by atoms with van der Waals surface area (Å²) in [6.45, 7) is 5.45. The van der Waals surface area contributed by atoms with Gasteiger partial charge in [0.25, 0.3) is 0 Å². The van der Waals surface area contributed by atoms with Gasteiger partial charge in [-0.15, -0.1) is 0 Å². The second-order valence-corrected chi connectivity index (χ2v) is 4.12. The van der Waals surface area contributed by atoms with E-state index in [-0.39, 0.29) is 0 Å². The Balaban J connectivity index is 1.91. The van der Waals surface area contributed by atoms with Gasteiger partial charge in [-0.2, -0.15) is 0 Å². The Kier molecular flexibility index (Phi) is 4.18. The molecule has 1 heterocycles. The molecular weight excluding hydrogens is 224 g/mol. The van der Waals surface area contributed by atoms with E-state index in [4.69, 9.17) is 4.74 Å². The van der Waals surface area contributed by atoms with Gasteiger partial charge >= 0.3 is 0 Å². The van der Waals surface area contributed by atoms with Crippen LogP contribution in [0.4, 0.5) is 5.69 Å². The van der Waals surface area contributed by atoms with Crippen LogP contribution in [0.15, 0.2) is 42.6 Å². The molecule has 2 rings (SSSR count). The van der Waals surface area contributed by atoms with E-state index in [0.717, 1.165) is 23.7 Å². The topological polar surface area (TPSA) is 34.1 Å². The Hall–Kier alpha value is -2.03. The van der Waals surface area contributed by atoms with E-state index in [1.165, 1.54) is 5.56 Å². The van der Waals surface area contributed by atoms with E-state index in [2.05, 4.69) is 16.4 Å². The van der Waals surface area contributed by atoms with Crippen LogP contribution in [0.5, 0.6) is 5.75 Å². The van der Waals surface area contributed by atoms with Crippen LogP contribution < -0.4 is 10.1 Å². The summed E-state index contributed by atoms with van der Waals surface area (Å²) in [5, 5.41) is 3.35. The molecule has 1 N–H and O–H groups in total. The highest BCUT2D eigenvalue weighted by molar-refractivity contribution is 5.46. The second kappa shape index (κ2) is 6.05. The van der Waals surface area contributed by atoms with Gasteiger partial charge in [0.1, 0.15) is 5.75 Å². The Morgan fingerprint density at radius 1 is 1.11 bits per heavy atom. The molecule has 3 nitrogen and oxygen atoms in total. The predicted molar refractivity (Wildman–Crippen MR) is 73.9 cm³/mol. The minimum Gasteiger partial charge on any atom is -0.494 e. The Morgan fingerprint density at radius 3 is 2.50 bits per heavy atom. The van der Waals surface area contributed by atoms with Crippen LogP contribution in [0, 0.1) is 6.92 Å². The lowest BCUT2D eigenvalue weighted by Gasteiger charge is -2.08. The van der Waals surface area contributed by atoms with Crippen LogP contribution in [-0.2, 0) is 6.54 Å². The number of nitrogens with zero attached hydrogens (tertiary/aromatic N) is 1. The lowest BCUT2D eigenvalue weighted by atomic mass is 10.2. The van der Waals surface area contributed by atoms with Crippen molar-refractivity contribution < 1.29 is 4.74 Å². The number of benzene rings is 1. The third-order valence-electron chi connectivity index (χ3n) is 2.63. The van der Waals surface area contributed by atoms with E-state index < -0.39 is 0 Å². The molecule has 2 aromatic rings. The summed E-state index contributed by atoms with van der Waals surface area (Å²) < 4.78 is 5.40. The van der Waals surface area contributed by atoms with E-state index in [9.17, 15) is 0 Å². The molecule has 0 aliphatic rings. The van der Waals surface area contributed by atoms with Crippen LogP contribution in [0.3, 0.4) is 0 Å². The number of aromatic nitrogens is 1. The summed E-state index contributed by atoms with van der Waals surface area (Å²) in [7, 11) is 0. The first-order valence-electron chi connectivity index (χ1n) is 6.16. The number of hydrogen-bond acceptors (Lipinski definition) is 3. The van der Waals surface area contributed by atoms with Crippen molar-refractivity contribution in [2.45, 2.75) is 20.4 Å². The maximum absolute atomic E-state index is 5.40. The number of hydrogen-bond donors (Lipinski definition) is 1. The SMILES string of the molecule is CCOc1ccc(NCc2ccc(C)nc2)cc1. The summed E-state index contributed by atoms with van der Waals surface area (Å²) in [5.74, 6) is 0.903. The molecule has 0 bridgehead atoms. The zero-order chi connectivity index (χ0) is 12.8. The molecular formula is C15H18N2O. The van der Waals surface area contributed by atoms with Crippen LogP contribution in [0.1, 0.15) is 18.2 Å². The van der Waals surface area contributed by atoms with E-state index in [0.29, 0.717) is 6.61 Å². The van der Waals surface area contributed by atoms with Gasteiger partial charge in [-0.25, -0.2) is 0 Å². The number of nitrogens with one attached hydrogen (secondary N) is 1. The Labute approximate surface area is 108 Å². The highest BCUT2D eigenvalue weighted by Gasteiger charge is 1.96. The highest BCUT2D eigenvalue weighted by Crippen LogP contribution is 2.16. The zero-order valence-electron chi connectivity index (χ0n) is 10.8.